The molecule has 11 heteroatoms. The van der Waals surface area contributed by atoms with Crippen LogP contribution in [0.15, 0.2) is 0 Å². The smallest absolute Gasteiger partial charge is 0.224 e. The van der Waals surface area contributed by atoms with E-state index in [-0.39, 0.29) is 0 Å². The van der Waals surface area contributed by atoms with Gasteiger partial charge >= 0.3 is 0 Å². The molecule has 2 rings (SSSR count). The van der Waals surface area contributed by atoms with Gasteiger partial charge in [-0.05, 0) is 0 Å². The lowest BCUT2D eigenvalue weighted by Crippen LogP contribution is -2.62. The predicted octanol–water partition coefficient (Wildman–Crippen LogP) is -5.40. The summed E-state index contributed by atoms with van der Waals surface area (Å²) in [5.41, 5.74) is 0. The first-order chi connectivity index (χ1) is 10.8. The molecule has 0 aliphatic carbocycles. The largest absolute Gasteiger partial charge is 0.394 e. The highest BCUT2D eigenvalue weighted by Gasteiger charge is 2.58. The molecule has 0 saturated carbocycles. The lowest BCUT2D eigenvalue weighted by molar-refractivity contribution is -0.383. The number of hydrogen-bond donors (Lipinski definition) is 8. The number of rotatable bonds is 5. The second-order valence-corrected chi connectivity index (χ2v) is 5.56. The van der Waals surface area contributed by atoms with Crippen LogP contribution < -0.4 is 0 Å². The lowest BCUT2D eigenvalue weighted by atomic mass is 9.99. The molecule has 0 bridgehead atoms. The van der Waals surface area contributed by atoms with E-state index in [0.29, 0.717) is 0 Å². The van der Waals surface area contributed by atoms with E-state index < -0.39 is 74.6 Å². The first-order valence-corrected chi connectivity index (χ1v) is 7.05. The van der Waals surface area contributed by atoms with Crippen molar-refractivity contribution in [1.82, 2.24) is 0 Å². The third-order valence-electron chi connectivity index (χ3n) is 4.07. The first kappa shape index (κ1) is 18.9. The van der Waals surface area contributed by atoms with Crippen molar-refractivity contribution < 1.29 is 55.1 Å². The Hall–Kier alpha value is -0.440. The minimum absolute atomic E-state index is 0.669. The van der Waals surface area contributed by atoms with E-state index in [1.54, 1.807) is 0 Å². The van der Waals surface area contributed by atoms with Gasteiger partial charge < -0.3 is 55.1 Å². The third-order valence-corrected chi connectivity index (χ3v) is 4.07. The fourth-order valence-corrected chi connectivity index (χ4v) is 2.63. The van der Waals surface area contributed by atoms with Crippen LogP contribution in [0.4, 0.5) is 0 Å². The highest BCUT2D eigenvalue weighted by atomic mass is 16.8. The van der Waals surface area contributed by atoms with E-state index in [2.05, 4.69) is 0 Å². The molecule has 8 N–H and O–H groups in total. The maximum Gasteiger partial charge on any atom is 0.224 e. The Labute approximate surface area is 130 Å². The average molecular weight is 342 g/mol. The summed E-state index contributed by atoms with van der Waals surface area (Å²) in [7, 11) is 0. The van der Waals surface area contributed by atoms with Crippen LogP contribution in [0, 0.1) is 0 Å². The van der Waals surface area contributed by atoms with Gasteiger partial charge in [-0.25, -0.2) is 0 Å². The van der Waals surface area contributed by atoms with Crippen molar-refractivity contribution >= 4 is 0 Å². The van der Waals surface area contributed by atoms with E-state index in [4.69, 9.17) is 24.4 Å². The normalized spacial score (nSPS) is 51.1. The Bertz CT molecular complexity index is 393. The zero-order valence-corrected chi connectivity index (χ0v) is 12.0. The van der Waals surface area contributed by atoms with Gasteiger partial charge in [0, 0.05) is 0 Å². The monoisotopic (exact) mass is 342 g/mol. The third kappa shape index (κ3) is 3.23. The first-order valence-electron chi connectivity index (χ1n) is 7.05. The lowest BCUT2D eigenvalue weighted by Gasteiger charge is -2.43. The fourth-order valence-electron chi connectivity index (χ4n) is 2.63. The molecule has 0 spiro atoms. The van der Waals surface area contributed by atoms with Crippen LogP contribution in [0.3, 0.4) is 0 Å². The molecule has 0 amide bonds. The molecule has 0 aromatic carbocycles. The molecule has 0 radical (unpaired) electrons. The molecule has 136 valence electrons. The fraction of sp³-hybridized carbons (Fsp3) is 1.00. The second kappa shape index (κ2) is 7.21. The second-order valence-electron chi connectivity index (χ2n) is 5.56. The summed E-state index contributed by atoms with van der Waals surface area (Å²) in [5.74, 6) is -2.22. The van der Waals surface area contributed by atoms with Gasteiger partial charge in [0.05, 0.1) is 13.2 Å². The van der Waals surface area contributed by atoms with Crippen LogP contribution in [0.5, 0.6) is 0 Å². The van der Waals surface area contributed by atoms with Gasteiger partial charge in [-0.2, -0.15) is 0 Å². The van der Waals surface area contributed by atoms with Gasteiger partial charge in [-0.3, -0.25) is 0 Å². The van der Waals surface area contributed by atoms with Crippen LogP contribution in [-0.4, -0.2) is 115 Å². The van der Waals surface area contributed by atoms with Crippen molar-refractivity contribution in [2.75, 3.05) is 19.8 Å². The summed E-state index contributed by atoms with van der Waals surface area (Å²) in [6, 6.07) is 0. The molecular formula is C12H22O11. The molecule has 2 saturated heterocycles. The van der Waals surface area contributed by atoms with E-state index in [9.17, 15) is 30.6 Å². The molecule has 3 unspecified atom stereocenters. The van der Waals surface area contributed by atoms with E-state index in [0.717, 1.165) is 0 Å². The van der Waals surface area contributed by atoms with Crippen molar-refractivity contribution in [2.24, 2.45) is 0 Å². The topological polar surface area (TPSA) is 190 Å². The van der Waals surface area contributed by atoms with E-state index >= 15 is 0 Å². The molecule has 23 heavy (non-hydrogen) atoms. The summed E-state index contributed by atoms with van der Waals surface area (Å²) in [6.45, 7) is -2.32. The Morgan fingerprint density at radius 1 is 0.783 bits per heavy atom. The molecular weight excluding hydrogens is 320 g/mol. The molecule has 9 atom stereocenters. The summed E-state index contributed by atoms with van der Waals surface area (Å²) in [6.07, 6.45) is -12.7. The molecule has 11 nitrogen and oxygen atoms in total. The van der Waals surface area contributed by atoms with Gasteiger partial charge in [0.25, 0.3) is 0 Å². The highest BCUT2D eigenvalue weighted by molar-refractivity contribution is 4.98. The van der Waals surface area contributed by atoms with Gasteiger partial charge in [-0.15, -0.1) is 0 Å². The van der Waals surface area contributed by atoms with E-state index in [1.165, 1.54) is 0 Å². The maximum absolute atomic E-state index is 10.00. The standard InChI is InChI=1S/C12H22O11/c13-1-4-6(16)8(18)9(19)11(21-4)23-12(3-15)10(20)7(17)5(2-14)22-12/h4-11,13-20H,1-3H2/t4?,5-,6-,7+,8+,9?,10?,11-,12+/m1/s1. The molecule has 2 heterocycles. The van der Waals surface area contributed by atoms with Gasteiger partial charge in [0.15, 0.2) is 6.29 Å². The van der Waals surface area contributed by atoms with Gasteiger partial charge in [0.2, 0.25) is 5.79 Å². The van der Waals surface area contributed by atoms with Crippen LogP contribution >= 0.6 is 0 Å². The average Bonchev–Trinajstić information content (AvgIpc) is 2.80. The molecule has 0 aromatic heterocycles. The Balaban J connectivity index is 2.18. The van der Waals surface area contributed by atoms with Crippen molar-refractivity contribution in [3.8, 4) is 0 Å². The Morgan fingerprint density at radius 2 is 1.39 bits per heavy atom. The summed E-state index contributed by atoms with van der Waals surface area (Å²) < 4.78 is 15.4. The van der Waals surface area contributed by atoms with Crippen LogP contribution in [-0.2, 0) is 14.2 Å². The maximum atomic E-state index is 10.00. The summed E-state index contributed by atoms with van der Waals surface area (Å²) >= 11 is 0. The zero-order chi connectivity index (χ0) is 17.4. The quantitative estimate of drug-likeness (QED) is 0.238. The summed E-state index contributed by atoms with van der Waals surface area (Å²) in [4.78, 5) is 0. The van der Waals surface area contributed by atoms with Crippen LogP contribution in [0.2, 0.25) is 0 Å². The zero-order valence-electron chi connectivity index (χ0n) is 12.0. The van der Waals surface area contributed by atoms with Crippen molar-refractivity contribution in [3.63, 3.8) is 0 Å². The van der Waals surface area contributed by atoms with Crippen molar-refractivity contribution in [2.45, 2.75) is 54.8 Å². The van der Waals surface area contributed by atoms with Gasteiger partial charge in [-0.1, -0.05) is 0 Å². The number of aliphatic hydroxyl groups is 8. The van der Waals surface area contributed by atoms with Crippen molar-refractivity contribution in [3.05, 3.63) is 0 Å². The molecule has 0 aromatic rings. The van der Waals surface area contributed by atoms with Gasteiger partial charge in [0.1, 0.15) is 49.3 Å². The number of hydrogen-bond acceptors (Lipinski definition) is 11. The van der Waals surface area contributed by atoms with Crippen molar-refractivity contribution in [1.29, 1.82) is 0 Å². The number of ether oxygens (including phenoxy) is 3. The molecule has 2 aliphatic heterocycles. The molecule has 2 fully saturated rings. The Morgan fingerprint density at radius 3 is 1.87 bits per heavy atom. The SMILES string of the molecule is OCC1O[C@H](O[C@]2(CO)O[C@H](CO)[C@H](O)C2O)C(O)[C@@H](O)[C@@H]1O. The predicted molar refractivity (Wildman–Crippen MR) is 68.6 cm³/mol. The van der Waals surface area contributed by atoms with Crippen LogP contribution in [0.1, 0.15) is 0 Å². The van der Waals surface area contributed by atoms with E-state index in [1.807, 2.05) is 0 Å². The minimum Gasteiger partial charge on any atom is -0.394 e. The Kier molecular flexibility index (Phi) is 5.92. The minimum atomic E-state index is -2.22. The number of aliphatic hydroxyl groups excluding tert-OH is 8. The van der Waals surface area contributed by atoms with Crippen LogP contribution in [0.25, 0.3) is 0 Å². The highest BCUT2D eigenvalue weighted by Crippen LogP contribution is 2.35. The summed E-state index contributed by atoms with van der Waals surface area (Å²) in [5, 5.41) is 76.7. The molecule has 2 aliphatic rings.